The predicted octanol–water partition coefficient (Wildman–Crippen LogP) is 2.33. The zero-order chi connectivity index (χ0) is 18.6. The molecule has 2 atom stereocenters. The lowest BCUT2D eigenvalue weighted by Crippen LogP contribution is -2.38. The second-order valence-corrected chi connectivity index (χ2v) is 6.14. The Hall–Kier alpha value is -3.35. The predicted molar refractivity (Wildman–Crippen MR) is 90.5 cm³/mol. The highest BCUT2D eigenvalue weighted by Crippen LogP contribution is 2.52. The fraction of sp³-hybridized carbons (Fsp3) is 0.211. The van der Waals surface area contributed by atoms with Gasteiger partial charge in [-0.05, 0) is 23.8 Å². The summed E-state index contributed by atoms with van der Waals surface area (Å²) >= 11 is 0. The van der Waals surface area contributed by atoms with Crippen LogP contribution in [0.4, 0.5) is 0 Å². The van der Waals surface area contributed by atoms with E-state index in [1.165, 1.54) is 32.4 Å². The van der Waals surface area contributed by atoms with Crippen LogP contribution in [0.2, 0.25) is 0 Å². The van der Waals surface area contributed by atoms with Crippen LogP contribution in [0.5, 0.6) is 17.2 Å². The van der Waals surface area contributed by atoms with Crippen molar-refractivity contribution in [3.05, 3.63) is 58.6 Å². The van der Waals surface area contributed by atoms with Gasteiger partial charge in [0.05, 0.1) is 25.7 Å². The van der Waals surface area contributed by atoms with Crippen LogP contribution in [0.25, 0.3) is 5.57 Å². The molecule has 3 N–H and O–H groups in total. The number of aliphatic hydroxyl groups excluding tert-OH is 1. The summed E-state index contributed by atoms with van der Waals surface area (Å²) in [4.78, 5) is 12.1. The van der Waals surface area contributed by atoms with Gasteiger partial charge in [0.25, 0.3) is 0 Å². The minimum Gasteiger partial charge on any atom is -0.508 e. The van der Waals surface area contributed by atoms with Crippen molar-refractivity contribution in [1.29, 1.82) is 0 Å². The summed E-state index contributed by atoms with van der Waals surface area (Å²) in [6, 6.07) is 2.65. The van der Waals surface area contributed by atoms with Gasteiger partial charge in [-0.1, -0.05) is 0 Å². The molecule has 0 radical (unpaired) electrons. The standard InChI is InChI=1S/C19H16O7/c1-24-15-7-14(22)18-17-10(3-8(4-11(15)17)19(23)25-2)9-5-12(20)13(21)6-16(9)26-18/h3-7,17-18,20-22H,1-2H3. The van der Waals surface area contributed by atoms with Crippen molar-refractivity contribution in [1.82, 2.24) is 0 Å². The zero-order valence-corrected chi connectivity index (χ0v) is 14.0. The smallest absolute Gasteiger partial charge is 0.337 e. The highest BCUT2D eigenvalue weighted by atomic mass is 16.5. The molecule has 1 aromatic rings. The van der Waals surface area contributed by atoms with E-state index >= 15 is 0 Å². The highest BCUT2D eigenvalue weighted by Gasteiger charge is 2.44. The first kappa shape index (κ1) is 16.1. The minimum atomic E-state index is -0.734. The summed E-state index contributed by atoms with van der Waals surface area (Å²) in [5, 5.41) is 30.1. The topological polar surface area (TPSA) is 105 Å². The van der Waals surface area contributed by atoms with Crippen molar-refractivity contribution in [2.45, 2.75) is 6.10 Å². The second-order valence-electron chi connectivity index (χ2n) is 6.14. The van der Waals surface area contributed by atoms with Crippen LogP contribution >= 0.6 is 0 Å². The molecular formula is C19H16O7. The fourth-order valence-corrected chi connectivity index (χ4v) is 3.55. The Bertz CT molecular complexity index is 949. The maximum absolute atomic E-state index is 12.1. The van der Waals surface area contributed by atoms with E-state index in [0.717, 1.165) is 0 Å². The molecule has 0 saturated carbocycles. The van der Waals surface area contributed by atoms with Gasteiger partial charge in [-0.2, -0.15) is 0 Å². The number of rotatable bonds is 2. The molecule has 1 aromatic carbocycles. The van der Waals surface area contributed by atoms with Crippen LogP contribution in [0.15, 0.2) is 53.0 Å². The Balaban J connectivity index is 2.00. The number of aromatic hydroxyl groups is 2. The maximum atomic E-state index is 12.1. The van der Waals surface area contributed by atoms with E-state index in [2.05, 4.69) is 0 Å². The molecule has 0 spiro atoms. The third-order valence-electron chi connectivity index (χ3n) is 4.73. The monoisotopic (exact) mass is 356 g/mol. The largest absolute Gasteiger partial charge is 0.508 e. The van der Waals surface area contributed by atoms with Gasteiger partial charge < -0.3 is 29.5 Å². The fourth-order valence-electron chi connectivity index (χ4n) is 3.55. The molecule has 7 heteroatoms. The molecule has 4 rings (SSSR count). The van der Waals surface area contributed by atoms with Crippen LogP contribution in [0.3, 0.4) is 0 Å². The quantitative estimate of drug-likeness (QED) is 0.552. The molecule has 7 nitrogen and oxygen atoms in total. The lowest BCUT2D eigenvalue weighted by atomic mass is 9.73. The molecule has 1 aliphatic heterocycles. The third kappa shape index (κ3) is 2.17. The van der Waals surface area contributed by atoms with Gasteiger partial charge in [-0.25, -0.2) is 4.79 Å². The Morgan fingerprint density at radius 1 is 1.08 bits per heavy atom. The molecule has 0 amide bonds. The van der Waals surface area contributed by atoms with Crippen molar-refractivity contribution in [3.8, 4) is 17.2 Å². The molecule has 2 unspecified atom stereocenters. The number of esters is 1. The number of allylic oxidation sites excluding steroid dienone is 2. The molecule has 2 aliphatic carbocycles. The number of benzene rings is 1. The van der Waals surface area contributed by atoms with E-state index in [9.17, 15) is 20.1 Å². The summed E-state index contributed by atoms with van der Waals surface area (Å²) < 4.78 is 16.1. The number of fused-ring (bicyclic) bond motifs is 2. The average molecular weight is 356 g/mol. The average Bonchev–Trinajstić information content (AvgIpc) is 2.64. The molecule has 134 valence electrons. The molecule has 26 heavy (non-hydrogen) atoms. The van der Waals surface area contributed by atoms with Gasteiger partial charge in [-0.15, -0.1) is 0 Å². The van der Waals surface area contributed by atoms with Crippen molar-refractivity contribution >= 4 is 11.5 Å². The lowest BCUT2D eigenvalue weighted by molar-refractivity contribution is -0.135. The van der Waals surface area contributed by atoms with Crippen LogP contribution < -0.4 is 4.74 Å². The van der Waals surface area contributed by atoms with E-state index in [1.807, 2.05) is 0 Å². The lowest BCUT2D eigenvalue weighted by Gasteiger charge is -2.40. The summed E-state index contributed by atoms with van der Waals surface area (Å²) in [6.45, 7) is 0. The van der Waals surface area contributed by atoms with Gasteiger partial charge in [0, 0.05) is 23.3 Å². The minimum absolute atomic E-state index is 0.0327. The summed E-state index contributed by atoms with van der Waals surface area (Å²) in [6.07, 6.45) is 3.98. The van der Waals surface area contributed by atoms with Crippen molar-refractivity contribution < 1.29 is 34.3 Å². The number of aliphatic hydroxyl groups is 1. The number of methoxy groups -OCH3 is 2. The first-order valence-corrected chi connectivity index (χ1v) is 7.88. The first-order valence-electron chi connectivity index (χ1n) is 7.88. The van der Waals surface area contributed by atoms with Gasteiger partial charge in [-0.3, -0.25) is 0 Å². The number of ether oxygens (including phenoxy) is 3. The van der Waals surface area contributed by atoms with Crippen molar-refractivity contribution in [3.63, 3.8) is 0 Å². The third-order valence-corrected chi connectivity index (χ3v) is 4.73. The number of phenolic OH excluding ortho intramolecular Hbond substituents is 2. The van der Waals surface area contributed by atoms with Crippen LogP contribution in [0, 0.1) is 5.92 Å². The van der Waals surface area contributed by atoms with E-state index < -0.39 is 18.0 Å². The van der Waals surface area contributed by atoms with Crippen LogP contribution in [0.1, 0.15) is 5.56 Å². The SMILES string of the molecule is COC(=O)C1=CC2=C(OC)C=C(O)C3Oc4cc(O)c(O)cc4C(=C1)C23. The molecule has 0 bridgehead atoms. The van der Waals surface area contributed by atoms with E-state index in [0.29, 0.717) is 33.8 Å². The van der Waals surface area contributed by atoms with Crippen molar-refractivity contribution in [2.24, 2.45) is 5.92 Å². The number of hydrogen-bond donors (Lipinski definition) is 3. The molecule has 3 aliphatic rings. The van der Waals surface area contributed by atoms with Crippen LogP contribution in [-0.2, 0) is 14.3 Å². The zero-order valence-electron chi connectivity index (χ0n) is 14.0. The Kier molecular flexibility index (Phi) is 3.47. The Morgan fingerprint density at radius 2 is 1.81 bits per heavy atom. The molecule has 1 heterocycles. The Morgan fingerprint density at radius 3 is 2.50 bits per heavy atom. The molecular weight excluding hydrogens is 340 g/mol. The van der Waals surface area contributed by atoms with E-state index in [1.54, 1.807) is 12.2 Å². The summed E-state index contributed by atoms with van der Waals surface area (Å²) in [7, 11) is 2.76. The van der Waals surface area contributed by atoms with Gasteiger partial charge in [0.15, 0.2) is 17.6 Å². The number of carbonyl (C=O) groups excluding carboxylic acids is 1. The summed E-state index contributed by atoms with van der Waals surface area (Å²) in [5.41, 5.74) is 2.13. The normalized spacial score (nSPS) is 22.9. The number of carbonyl (C=O) groups is 1. The number of phenols is 2. The number of hydrogen-bond acceptors (Lipinski definition) is 7. The van der Waals surface area contributed by atoms with Crippen molar-refractivity contribution in [2.75, 3.05) is 14.2 Å². The van der Waals surface area contributed by atoms with Gasteiger partial charge in [0.1, 0.15) is 17.3 Å². The Labute approximate surface area is 148 Å². The molecule has 0 fully saturated rings. The van der Waals surface area contributed by atoms with E-state index in [-0.39, 0.29) is 17.3 Å². The van der Waals surface area contributed by atoms with Gasteiger partial charge in [0.2, 0.25) is 0 Å². The van der Waals surface area contributed by atoms with E-state index in [4.69, 9.17) is 14.2 Å². The molecule has 0 saturated heterocycles. The summed E-state index contributed by atoms with van der Waals surface area (Å²) in [5.74, 6) is -0.937. The maximum Gasteiger partial charge on any atom is 0.337 e. The van der Waals surface area contributed by atoms with Gasteiger partial charge >= 0.3 is 5.97 Å². The molecule has 0 aromatic heterocycles. The second kappa shape index (κ2) is 5.59. The first-order chi connectivity index (χ1) is 12.4. The van der Waals surface area contributed by atoms with Crippen LogP contribution in [-0.4, -0.2) is 41.6 Å². The highest BCUT2D eigenvalue weighted by molar-refractivity contribution is 5.98.